The van der Waals surface area contributed by atoms with Crippen LogP contribution in [-0.2, 0) is 20.8 Å². The van der Waals surface area contributed by atoms with Crippen molar-refractivity contribution in [1.29, 1.82) is 0 Å². The van der Waals surface area contributed by atoms with Crippen molar-refractivity contribution < 1.29 is 14.4 Å². The van der Waals surface area contributed by atoms with Gasteiger partial charge in [-0.15, -0.1) is 11.8 Å². The molecule has 158 valence electrons. The third-order valence-electron chi connectivity index (χ3n) is 6.42. The Morgan fingerprint density at radius 2 is 1.61 bits per heavy atom. The maximum atomic E-state index is 13.0. The molecule has 5 nitrogen and oxygen atoms in total. The summed E-state index contributed by atoms with van der Waals surface area (Å²) < 4.78 is 0. The second-order valence-electron chi connectivity index (χ2n) is 8.29. The number of rotatable bonds is 4. The SMILES string of the molecule is C[C@@H](Sc1ccc(N2C(=O)[C@H]3CC=CC[C@H]3C2=O)cc1)C(=O)N1CCc2ccccc21. The number of anilines is 2. The largest absolute Gasteiger partial charge is 0.311 e. The fourth-order valence-corrected chi connectivity index (χ4v) is 5.70. The van der Waals surface area contributed by atoms with Crippen LogP contribution in [0.3, 0.4) is 0 Å². The molecule has 2 aromatic rings. The molecule has 1 fully saturated rings. The average molecular weight is 433 g/mol. The number of fused-ring (bicyclic) bond motifs is 2. The van der Waals surface area contributed by atoms with E-state index in [1.807, 2.05) is 66.4 Å². The number of thioether (sulfide) groups is 1. The molecule has 3 amide bonds. The van der Waals surface area contributed by atoms with Gasteiger partial charge in [0.05, 0.1) is 22.8 Å². The fraction of sp³-hybridized carbons (Fsp3) is 0.320. The Morgan fingerprint density at radius 1 is 0.968 bits per heavy atom. The Balaban J connectivity index is 1.27. The van der Waals surface area contributed by atoms with Gasteiger partial charge >= 0.3 is 0 Å². The first-order valence-corrected chi connectivity index (χ1v) is 11.6. The van der Waals surface area contributed by atoms with E-state index in [1.165, 1.54) is 22.2 Å². The highest BCUT2D eigenvalue weighted by atomic mass is 32.2. The van der Waals surface area contributed by atoms with E-state index >= 15 is 0 Å². The Bertz CT molecular complexity index is 1050. The molecular formula is C25H24N2O3S. The molecule has 1 aliphatic carbocycles. The van der Waals surface area contributed by atoms with Crippen molar-refractivity contribution in [1.82, 2.24) is 0 Å². The van der Waals surface area contributed by atoms with E-state index in [4.69, 9.17) is 0 Å². The molecule has 0 saturated carbocycles. The lowest BCUT2D eigenvalue weighted by Gasteiger charge is -2.21. The second kappa shape index (κ2) is 8.00. The highest BCUT2D eigenvalue weighted by molar-refractivity contribution is 8.00. The number of carbonyl (C=O) groups excluding carboxylic acids is 3. The lowest BCUT2D eigenvalue weighted by atomic mass is 9.85. The molecule has 1 saturated heterocycles. The van der Waals surface area contributed by atoms with Gasteiger partial charge in [0.15, 0.2) is 0 Å². The molecule has 3 atom stereocenters. The third-order valence-corrected chi connectivity index (χ3v) is 7.52. The van der Waals surface area contributed by atoms with Crippen molar-refractivity contribution in [3.63, 3.8) is 0 Å². The van der Waals surface area contributed by atoms with E-state index in [9.17, 15) is 14.4 Å². The normalized spacial score (nSPS) is 23.1. The number of carbonyl (C=O) groups is 3. The molecule has 2 aliphatic heterocycles. The van der Waals surface area contributed by atoms with Crippen LogP contribution in [0, 0.1) is 11.8 Å². The molecule has 0 N–H and O–H groups in total. The highest BCUT2D eigenvalue weighted by Gasteiger charge is 2.47. The summed E-state index contributed by atoms with van der Waals surface area (Å²) in [6, 6.07) is 15.5. The number of hydrogen-bond acceptors (Lipinski definition) is 4. The summed E-state index contributed by atoms with van der Waals surface area (Å²) in [4.78, 5) is 42.7. The molecule has 0 bridgehead atoms. The number of benzene rings is 2. The van der Waals surface area contributed by atoms with Gasteiger partial charge in [-0.1, -0.05) is 30.4 Å². The van der Waals surface area contributed by atoms with Gasteiger partial charge in [-0.25, -0.2) is 0 Å². The van der Waals surface area contributed by atoms with Crippen molar-refractivity contribution >= 4 is 40.9 Å². The van der Waals surface area contributed by atoms with Crippen molar-refractivity contribution in [3.05, 3.63) is 66.2 Å². The predicted octanol–water partition coefficient (Wildman–Crippen LogP) is 4.21. The summed E-state index contributed by atoms with van der Waals surface area (Å²) in [6.45, 7) is 2.64. The standard InChI is InChI=1S/C25H24N2O3S/c1-16(23(28)26-15-14-17-6-2-5-9-22(17)26)31-19-12-10-18(11-13-19)27-24(29)20-7-3-4-8-21(20)25(27)30/h2-6,9-13,16,20-21H,7-8,14-15H2,1H3/t16-,20-,21+/m1/s1. The molecule has 2 aromatic carbocycles. The molecule has 0 spiro atoms. The highest BCUT2D eigenvalue weighted by Crippen LogP contribution is 2.38. The number of allylic oxidation sites excluding steroid dienone is 2. The van der Waals surface area contributed by atoms with Crippen molar-refractivity contribution in [2.45, 2.75) is 36.3 Å². The summed E-state index contributed by atoms with van der Waals surface area (Å²) in [7, 11) is 0. The first kappa shape index (κ1) is 20.1. The van der Waals surface area contributed by atoms with E-state index in [2.05, 4.69) is 6.07 Å². The monoisotopic (exact) mass is 432 g/mol. The maximum absolute atomic E-state index is 13.0. The van der Waals surface area contributed by atoms with E-state index in [0.29, 0.717) is 18.5 Å². The van der Waals surface area contributed by atoms with Crippen molar-refractivity contribution in [3.8, 4) is 0 Å². The molecule has 0 radical (unpaired) electrons. The Hall–Kier alpha value is -2.86. The van der Waals surface area contributed by atoms with Gasteiger partial charge in [0, 0.05) is 17.1 Å². The quantitative estimate of drug-likeness (QED) is 0.413. The zero-order chi connectivity index (χ0) is 21.5. The average Bonchev–Trinajstić information content (AvgIpc) is 3.33. The van der Waals surface area contributed by atoms with Crippen LogP contribution >= 0.6 is 11.8 Å². The summed E-state index contributed by atoms with van der Waals surface area (Å²) >= 11 is 1.50. The van der Waals surface area contributed by atoms with Crippen LogP contribution in [0.4, 0.5) is 11.4 Å². The first-order valence-electron chi connectivity index (χ1n) is 10.7. The van der Waals surface area contributed by atoms with Crippen LogP contribution in [0.2, 0.25) is 0 Å². The molecule has 0 unspecified atom stereocenters. The number of para-hydroxylation sites is 1. The topological polar surface area (TPSA) is 57.7 Å². The van der Waals surface area contributed by atoms with Crippen molar-refractivity contribution in [2.24, 2.45) is 11.8 Å². The summed E-state index contributed by atoms with van der Waals surface area (Å²) in [5.74, 6) is -0.562. The van der Waals surface area contributed by atoms with Crippen LogP contribution in [0.15, 0.2) is 65.6 Å². The molecule has 2 heterocycles. The lowest BCUT2D eigenvalue weighted by Crippen LogP contribution is -2.35. The number of imide groups is 1. The van der Waals surface area contributed by atoms with E-state index in [-0.39, 0.29) is 34.8 Å². The maximum Gasteiger partial charge on any atom is 0.240 e. The van der Waals surface area contributed by atoms with E-state index in [0.717, 1.165) is 23.5 Å². The van der Waals surface area contributed by atoms with Gasteiger partial charge in [0.25, 0.3) is 0 Å². The van der Waals surface area contributed by atoms with Crippen LogP contribution < -0.4 is 9.80 Å². The first-order chi connectivity index (χ1) is 15.0. The fourth-order valence-electron chi connectivity index (χ4n) is 4.77. The minimum atomic E-state index is -0.235. The smallest absolute Gasteiger partial charge is 0.240 e. The van der Waals surface area contributed by atoms with Gasteiger partial charge in [0.2, 0.25) is 17.7 Å². The zero-order valence-corrected chi connectivity index (χ0v) is 18.2. The predicted molar refractivity (Wildman–Crippen MR) is 122 cm³/mol. The second-order valence-corrected chi connectivity index (χ2v) is 9.70. The van der Waals surface area contributed by atoms with Gasteiger partial charge in [0.1, 0.15) is 0 Å². The summed E-state index contributed by atoms with van der Waals surface area (Å²) in [6.07, 6.45) is 6.15. The number of nitrogens with zero attached hydrogens (tertiary/aromatic N) is 2. The van der Waals surface area contributed by atoms with Gasteiger partial charge < -0.3 is 4.90 Å². The minimum absolute atomic E-state index is 0.0977. The van der Waals surface area contributed by atoms with Crippen LogP contribution in [0.25, 0.3) is 0 Å². The Labute approximate surface area is 186 Å². The number of hydrogen-bond donors (Lipinski definition) is 0. The van der Waals surface area contributed by atoms with Gasteiger partial charge in [-0.2, -0.15) is 0 Å². The zero-order valence-electron chi connectivity index (χ0n) is 17.4. The summed E-state index contributed by atoms with van der Waals surface area (Å²) in [5, 5.41) is -0.235. The summed E-state index contributed by atoms with van der Waals surface area (Å²) in [5.41, 5.74) is 2.84. The van der Waals surface area contributed by atoms with Crippen LogP contribution in [0.5, 0.6) is 0 Å². The number of amides is 3. The van der Waals surface area contributed by atoms with Crippen LogP contribution in [-0.4, -0.2) is 29.5 Å². The Morgan fingerprint density at radius 3 is 2.29 bits per heavy atom. The van der Waals surface area contributed by atoms with E-state index < -0.39 is 0 Å². The van der Waals surface area contributed by atoms with Crippen LogP contribution in [0.1, 0.15) is 25.3 Å². The molecule has 31 heavy (non-hydrogen) atoms. The molecule has 3 aliphatic rings. The van der Waals surface area contributed by atoms with Gasteiger partial charge in [-0.3, -0.25) is 19.3 Å². The van der Waals surface area contributed by atoms with E-state index in [1.54, 1.807) is 0 Å². The Kier molecular flexibility index (Phi) is 5.18. The van der Waals surface area contributed by atoms with Gasteiger partial charge in [-0.05, 0) is 62.1 Å². The molecule has 5 rings (SSSR count). The molecular weight excluding hydrogens is 408 g/mol. The van der Waals surface area contributed by atoms with Crippen molar-refractivity contribution in [2.75, 3.05) is 16.3 Å². The molecule has 0 aromatic heterocycles. The third kappa shape index (κ3) is 3.49. The molecule has 6 heteroatoms. The minimum Gasteiger partial charge on any atom is -0.311 e. The lowest BCUT2D eigenvalue weighted by molar-refractivity contribution is -0.122.